The Hall–Kier alpha value is -2.51. The lowest BCUT2D eigenvalue weighted by Crippen LogP contribution is -2.55. The Bertz CT molecular complexity index is 735. The molecule has 1 N–H and O–H groups in total. The maximum absolute atomic E-state index is 12.0. The molecule has 0 aliphatic heterocycles. The monoisotopic (exact) mass is 329 g/mol. The maximum Gasteiger partial charge on any atom is 0.332 e. The Labute approximate surface area is 139 Å². The normalized spacial score (nSPS) is 13.7. The fourth-order valence-corrected chi connectivity index (χ4v) is 2.66. The molecule has 2 rings (SSSR count). The van der Waals surface area contributed by atoms with Crippen LogP contribution in [0.5, 0.6) is 5.75 Å². The Balaban J connectivity index is 2.55. The van der Waals surface area contributed by atoms with Gasteiger partial charge in [-0.2, -0.15) is 5.26 Å². The van der Waals surface area contributed by atoms with Crippen molar-refractivity contribution in [1.29, 1.82) is 5.26 Å². The lowest BCUT2D eigenvalue weighted by atomic mass is 9.69. The lowest BCUT2D eigenvalue weighted by Gasteiger charge is -2.38. The minimum absolute atomic E-state index is 0.317. The van der Waals surface area contributed by atoms with Crippen molar-refractivity contribution >= 4 is 17.6 Å². The van der Waals surface area contributed by atoms with Gasteiger partial charge in [0.25, 0.3) is 0 Å². The molecule has 0 amide bonds. The number of nitriles is 1. The highest BCUT2D eigenvalue weighted by atomic mass is 35.5. The number of aliphatic carboxylic acids is 1. The van der Waals surface area contributed by atoms with Crippen LogP contribution in [0.15, 0.2) is 54.6 Å². The highest BCUT2D eigenvalue weighted by molar-refractivity contribution is 6.30. The van der Waals surface area contributed by atoms with Gasteiger partial charge in [-0.25, -0.2) is 4.79 Å². The molecule has 0 radical (unpaired) electrons. The molecule has 0 bridgehead atoms. The van der Waals surface area contributed by atoms with Gasteiger partial charge in [0, 0.05) is 5.02 Å². The Morgan fingerprint density at radius 2 is 1.70 bits per heavy atom. The second-order valence-corrected chi connectivity index (χ2v) is 6.04. The Kier molecular flexibility index (Phi) is 4.63. The number of benzene rings is 2. The standard InChI is InChI=1S/C18H16ClNO3/c1-17(2,23-15-6-4-3-5-7-15)18(12-20,16(21)22)13-8-10-14(19)11-9-13/h3-11H,1-2H3,(H,21,22). The molecule has 0 fully saturated rings. The number of para-hydroxylation sites is 1. The second kappa shape index (κ2) is 6.31. The second-order valence-electron chi connectivity index (χ2n) is 5.60. The third-order valence-electron chi connectivity index (χ3n) is 3.79. The van der Waals surface area contributed by atoms with Crippen LogP contribution in [0.4, 0.5) is 0 Å². The van der Waals surface area contributed by atoms with Crippen LogP contribution in [0.3, 0.4) is 0 Å². The summed E-state index contributed by atoms with van der Waals surface area (Å²) in [5.41, 5.74) is -2.88. The van der Waals surface area contributed by atoms with Crippen LogP contribution < -0.4 is 4.74 Å². The van der Waals surface area contributed by atoms with E-state index >= 15 is 0 Å². The topological polar surface area (TPSA) is 70.3 Å². The first kappa shape index (κ1) is 16.9. The van der Waals surface area contributed by atoms with Gasteiger partial charge in [-0.15, -0.1) is 0 Å². The molecule has 2 aromatic rings. The number of rotatable bonds is 5. The molecule has 23 heavy (non-hydrogen) atoms. The number of hydrogen-bond donors (Lipinski definition) is 1. The smallest absolute Gasteiger partial charge is 0.332 e. The van der Waals surface area contributed by atoms with E-state index in [1.807, 2.05) is 12.1 Å². The number of hydrogen-bond acceptors (Lipinski definition) is 3. The highest BCUT2D eigenvalue weighted by Crippen LogP contribution is 2.39. The third-order valence-corrected chi connectivity index (χ3v) is 4.04. The van der Waals surface area contributed by atoms with Gasteiger partial charge in [-0.1, -0.05) is 41.9 Å². The molecular formula is C18H16ClNO3. The van der Waals surface area contributed by atoms with Crippen molar-refractivity contribution in [2.75, 3.05) is 0 Å². The molecule has 0 spiro atoms. The largest absolute Gasteiger partial charge is 0.485 e. The van der Waals surface area contributed by atoms with Crippen molar-refractivity contribution in [2.45, 2.75) is 24.9 Å². The minimum Gasteiger partial charge on any atom is -0.485 e. The van der Waals surface area contributed by atoms with Crippen molar-refractivity contribution in [1.82, 2.24) is 0 Å². The molecule has 2 aromatic carbocycles. The maximum atomic E-state index is 12.0. The number of nitrogens with zero attached hydrogens (tertiary/aromatic N) is 1. The molecular weight excluding hydrogens is 314 g/mol. The van der Waals surface area contributed by atoms with Crippen molar-refractivity contribution in [3.63, 3.8) is 0 Å². The van der Waals surface area contributed by atoms with Crippen LogP contribution in [-0.4, -0.2) is 16.7 Å². The summed E-state index contributed by atoms with van der Waals surface area (Å²) in [6.07, 6.45) is 0. The number of halogens is 1. The van der Waals surface area contributed by atoms with E-state index in [0.717, 1.165) is 0 Å². The van der Waals surface area contributed by atoms with E-state index in [-0.39, 0.29) is 0 Å². The fraction of sp³-hybridized carbons (Fsp3) is 0.222. The molecule has 0 aliphatic carbocycles. The Morgan fingerprint density at radius 3 is 2.17 bits per heavy atom. The first-order valence-corrected chi connectivity index (χ1v) is 7.36. The van der Waals surface area contributed by atoms with Crippen molar-refractivity contribution in [3.8, 4) is 11.8 Å². The predicted molar refractivity (Wildman–Crippen MR) is 87.5 cm³/mol. The molecule has 0 aromatic heterocycles. The van der Waals surface area contributed by atoms with Crippen molar-refractivity contribution in [3.05, 3.63) is 65.2 Å². The van der Waals surface area contributed by atoms with E-state index in [9.17, 15) is 15.2 Å². The zero-order valence-electron chi connectivity index (χ0n) is 12.8. The van der Waals surface area contributed by atoms with Crippen LogP contribution in [0, 0.1) is 11.3 Å². The van der Waals surface area contributed by atoms with Gasteiger partial charge in [0.15, 0.2) is 0 Å². The molecule has 4 nitrogen and oxygen atoms in total. The quantitative estimate of drug-likeness (QED) is 0.898. The van der Waals surface area contributed by atoms with E-state index in [1.165, 1.54) is 12.1 Å². The zero-order chi connectivity index (χ0) is 17.1. The predicted octanol–water partition coefficient (Wildman–Crippen LogP) is 4.04. The minimum atomic E-state index is -1.88. The SMILES string of the molecule is CC(C)(Oc1ccccc1)C(C#N)(C(=O)O)c1ccc(Cl)cc1. The fourth-order valence-electron chi connectivity index (χ4n) is 2.54. The summed E-state index contributed by atoms with van der Waals surface area (Å²) < 4.78 is 5.87. The molecule has 1 unspecified atom stereocenters. The van der Waals surface area contributed by atoms with E-state index in [0.29, 0.717) is 16.3 Å². The average Bonchev–Trinajstić information content (AvgIpc) is 2.50. The summed E-state index contributed by atoms with van der Waals surface area (Å²) in [7, 11) is 0. The van der Waals surface area contributed by atoms with E-state index in [4.69, 9.17) is 16.3 Å². The van der Waals surface area contributed by atoms with Gasteiger partial charge >= 0.3 is 5.97 Å². The first-order chi connectivity index (χ1) is 10.8. The van der Waals surface area contributed by atoms with Crippen LogP contribution >= 0.6 is 11.6 Å². The van der Waals surface area contributed by atoms with Gasteiger partial charge in [0.1, 0.15) is 11.4 Å². The van der Waals surface area contributed by atoms with Crippen LogP contribution in [0.1, 0.15) is 19.4 Å². The van der Waals surface area contributed by atoms with E-state index < -0.39 is 17.0 Å². The van der Waals surface area contributed by atoms with E-state index in [1.54, 1.807) is 50.2 Å². The van der Waals surface area contributed by atoms with Gasteiger partial charge in [-0.05, 0) is 43.7 Å². The number of carboxylic acids is 1. The first-order valence-electron chi connectivity index (χ1n) is 6.98. The van der Waals surface area contributed by atoms with Gasteiger partial charge in [0.2, 0.25) is 5.41 Å². The Morgan fingerprint density at radius 1 is 1.13 bits per heavy atom. The van der Waals surface area contributed by atoms with Crippen molar-refractivity contribution in [2.24, 2.45) is 0 Å². The molecule has 0 saturated heterocycles. The van der Waals surface area contributed by atoms with Crippen molar-refractivity contribution < 1.29 is 14.6 Å². The van der Waals surface area contributed by atoms with Gasteiger partial charge in [0.05, 0.1) is 6.07 Å². The van der Waals surface area contributed by atoms with Crippen LogP contribution in [-0.2, 0) is 10.2 Å². The molecule has 5 heteroatoms. The molecule has 0 heterocycles. The van der Waals surface area contributed by atoms with Gasteiger partial charge < -0.3 is 9.84 Å². The molecule has 118 valence electrons. The summed E-state index contributed by atoms with van der Waals surface area (Å²) in [5, 5.41) is 20.0. The summed E-state index contributed by atoms with van der Waals surface area (Å²) in [4.78, 5) is 12.0. The summed E-state index contributed by atoms with van der Waals surface area (Å²) >= 11 is 5.87. The number of ether oxygens (including phenoxy) is 1. The van der Waals surface area contributed by atoms with E-state index in [2.05, 4.69) is 0 Å². The zero-order valence-corrected chi connectivity index (χ0v) is 13.5. The molecule has 1 atom stereocenters. The van der Waals surface area contributed by atoms with Gasteiger partial charge in [-0.3, -0.25) is 0 Å². The summed E-state index contributed by atoms with van der Waals surface area (Å²) in [6, 6.07) is 17.0. The summed E-state index contributed by atoms with van der Waals surface area (Å²) in [6.45, 7) is 3.18. The highest BCUT2D eigenvalue weighted by Gasteiger charge is 2.56. The number of carboxylic acid groups (broad SMARTS) is 1. The van der Waals surface area contributed by atoms with Crippen LogP contribution in [0.2, 0.25) is 5.02 Å². The number of carbonyl (C=O) groups is 1. The third kappa shape index (κ3) is 3.01. The average molecular weight is 330 g/mol. The molecule has 0 saturated carbocycles. The molecule has 0 aliphatic rings. The lowest BCUT2D eigenvalue weighted by molar-refractivity contribution is -0.148. The van der Waals surface area contributed by atoms with Crippen LogP contribution in [0.25, 0.3) is 0 Å². The summed E-state index contributed by atoms with van der Waals surface area (Å²) in [5.74, 6) is -0.782.